The van der Waals surface area contributed by atoms with Crippen molar-refractivity contribution in [1.29, 1.82) is 0 Å². The van der Waals surface area contributed by atoms with Gasteiger partial charge in [-0.05, 0) is 30.7 Å². The average molecular weight is 264 g/mol. The van der Waals surface area contributed by atoms with Crippen LogP contribution in [0.1, 0.15) is 6.42 Å². The second kappa shape index (κ2) is 5.00. The van der Waals surface area contributed by atoms with E-state index in [2.05, 4.69) is 10.4 Å². The minimum atomic E-state index is 0.345. The molecule has 0 amide bonds. The van der Waals surface area contributed by atoms with Crippen molar-refractivity contribution in [2.45, 2.75) is 12.5 Å². The third-order valence-electron chi connectivity index (χ3n) is 3.00. The molecule has 1 N–H and O–H groups in total. The van der Waals surface area contributed by atoms with Crippen LogP contribution in [-0.4, -0.2) is 29.0 Å². The maximum Gasteiger partial charge on any atom is 0.0877 e. The molecule has 1 saturated heterocycles. The first-order valence-corrected chi connectivity index (χ1v) is 6.34. The van der Waals surface area contributed by atoms with Crippen LogP contribution in [-0.2, 0) is 4.74 Å². The smallest absolute Gasteiger partial charge is 0.0877 e. The number of hydrogen-bond acceptors (Lipinski definition) is 3. The van der Waals surface area contributed by atoms with E-state index in [-0.39, 0.29) is 0 Å². The zero-order valence-electron chi connectivity index (χ0n) is 9.84. The van der Waals surface area contributed by atoms with E-state index in [1.165, 1.54) is 0 Å². The summed E-state index contributed by atoms with van der Waals surface area (Å²) >= 11 is 6.06. The predicted octanol–water partition coefficient (Wildman–Crippen LogP) is 2.73. The second-order valence-electron chi connectivity index (χ2n) is 4.32. The molecular weight excluding hydrogens is 250 g/mol. The van der Waals surface area contributed by atoms with Crippen LogP contribution in [0.15, 0.2) is 36.7 Å². The molecule has 4 nitrogen and oxygen atoms in total. The molecule has 5 heteroatoms. The van der Waals surface area contributed by atoms with Crippen LogP contribution >= 0.6 is 11.6 Å². The van der Waals surface area contributed by atoms with E-state index in [1.807, 2.05) is 35.1 Å². The Morgan fingerprint density at radius 2 is 2.39 bits per heavy atom. The van der Waals surface area contributed by atoms with Gasteiger partial charge >= 0.3 is 0 Å². The molecule has 0 radical (unpaired) electrons. The Labute approximate surface area is 111 Å². The Kier molecular flexibility index (Phi) is 3.21. The SMILES string of the molecule is Clc1ccc(-n2cccn2)c(NC2CCOC2)c1. The summed E-state index contributed by atoms with van der Waals surface area (Å²) in [6, 6.07) is 8.01. The van der Waals surface area contributed by atoms with Crippen LogP contribution < -0.4 is 5.32 Å². The zero-order chi connectivity index (χ0) is 12.4. The summed E-state index contributed by atoms with van der Waals surface area (Å²) < 4.78 is 7.20. The van der Waals surface area contributed by atoms with Gasteiger partial charge in [0.25, 0.3) is 0 Å². The largest absolute Gasteiger partial charge is 0.379 e. The van der Waals surface area contributed by atoms with Crippen molar-refractivity contribution in [1.82, 2.24) is 9.78 Å². The molecule has 3 rings (SSSR count). The van der Waals surface area contributed by atoms with Gasteiger partial charge in [-0.1, -0.05) is 11.6 Å². The summed E-state index contributed by atoms with van der Waals surface area (Å²) in [5, 5.41) is 8.44. The third kappa shape index (κ3) is 2.35. The van der Waals surface area contributed by atoms with Crippen LogP contribution in [0, 0.1) is 0 Å². The van der Waals surface area contributed by atoms with E-state index in [0.717, 1.165) is 31.0 Å². The molecule has 1 unspecified atom stereocenters. The Bertz CT molecular complexity index is 521. The van der Waals surface area contributed by atoms with E-state index in [0.29, 0.717) is 11.1 Å². The fraction of sp³-hybridized carbons (Fsp3) is 0.308. The number of nitrogens with zero attached hydrogens (tertiary/aromatic N) is 2. The third-order valence-corrected chi connectivity index (χ3v) is 3.23. The number of hydrogen-bond donors (Lipinski definition) is 1. The van der Waals surface area contributed by atoms with Crippen molar-refractivity contribution in [2.24, 2.45) is 0 Å². The summed E-state index contributed by atoms with van der Waals surface area (Å²) in [4.78, 5) is 0. The Morgan fingerprint density at radius 3 is 3.11 bits per heavy atom. The average Bonchev–Trinajstić information content (AvgIpc) is 3.01. The maximum absolute atomic E-state index is 6.06. The normalized spacial score (nSPS) is 19.1. The molecule has 94 valence electrons. The molecule has 1 aromatic heterocycles. The summed E-state index contributed by atoms with van der Waals surface area (Å²) in [7, 11) is 0. The summed E-state index contributed by atoms with van der Waals surface area (Å²) in [6.45, 7) is 1.56. The fourth-order valence-corrected chi connectivity index (χ4v) is 2.28. The van der Waals surface area contributed by atoms with Gasteiger partial charge in [0.2, 0.25) is 0 Å². The quantitative estimate of drug-likeness (QED) is 0.926. The van der Waals surface area contributed by atoms with Crippen molar-refractivity contribution < 1.29 is 4.74 Å². The van der Waals surface area contributed by atoms with Crippen LogP contribution in [0.4, 0.5) is 5.69 Å². The molecule has 1 aliphatic rings. The highest BCUT2D eigenvalue weighted by molar-refractivity contribution is 6.31. The molecule has 1 atom stereocenters. The maximum atomic E-state index is 6.06. The van der Waals surface area contributed by atoms with Crippen molar-refractivity contribution in [3.05, 3.63) is 41.7 Å². The first-order chi connectivity index (χ1) is 8.83. The topological polar surface area (TPSA) is 39.1 Å². The van der Waals surface area contributed by atoms with Gasteiger partial charge in [-0.3, -0.25) is 0 Å². The van der Waals surface area contributed by atoms with E-state index < -0.39 is 0 Å². The van der Waals surface area contributed by atoms with Gasteiger partial charge in [0, 0.05) is 24.0 Å². The molecule has 18 heavy (non-hydrogen) atoms. The van der Waals surface area contributed by atoms with Crippen LogP contribution in [0.2, 0.25) is 5.02 Å². The standard InChI is InChI=1S/C13H14ClN3O/c14-10-2-3-13(17-6-1-5-15-17)12(8-10)16-11-4-7-18-9-11/h1-3,5-6,8,11,16H,4,7,9H2. The highest BCUT2D eigenvalue weighted by atomic mass is 35.5. The van der Waals surface area contributed by atoms with Gasteiger partial charge in [0.15, 0.2) is 0 Å². The summed E-state index contributed by atoms with van der Waals surface area (Å²) in [5.74, 6) is 0. The molecule has 1 aromatic carbocycles. The molecule has 0 saturated carbocycles. The Morgan fingerprint density at radius 1 is 1.44 bits per heavy atom. The van der Waals surface area contributed by atoms with Crippen LogP contribution in [0.5, 0.6) is 0 Å². The van der Waals surface area contributed by atoms with E-state index in [1.54, 1.807) is 6.20 Å². The van der Waals surface area contributed by atoms with Gasteiger partial charge in [0.05, 0.1) is 24.0 Å². The molecular formula is C13H14ClN3O. The number of rotatable bonds is 3. The number of nitrogens with one attached hydrogen (secondary N) is 1. The minimum absolute atomic E-state index is 0.345. The molecule has 1 fully saturated rings. The first kappa shape index (κ1) is 11.6. The molecule has 1 aliphatic heterocycles. The van der Waals surface area contributed by atoms with Crippen molar-refractivity contribution in [3.63, 3.8) is 0 Å². The van der Waals surface area contributed by atoms with Crippen molar-refractivity contribution in [2.75, 3.05) is 18.5 Å². The zero-order valence-corrected chi connectivity index (χ0v) is 10.6. The number of ether oxygens (including phenoxy) is 1. The lowest BCUT2D eigenvalue weighted by Gasteiger charge is -2.16. The number of halogens is 1. The number of anilines is 1. The van der Waals surface area contributed by atoms with E-state index in [4.69, 9.17) is 16.3 Å². The van der Waals surface area contributed by atoms with Gasteiger partial charge < -0.3 is 10.1 Å². The van der Waals surface area contributed by atoms with Gasteiger partial charge in [-0.15, -0.1) is 0 Å². The Balaban J connectivity index is 1.93. The van der Waals surface area contributed by atoms with Gasteiger partial charge in [-0.25, -0.2) is 4.68 Å². The predicted molar refractivity (Wildman–Crippen MR) is 71.4 cm³/mol. The van der Waals surface area contributed by atoms with Crippen molar-refractivity contribution in [3.8, 4) is 5.69 Å². The summed E-state index contributed by atoms with van der Waals surface area (Å²) in [6.07, 6.45) is 4.70. The molecule has 2 heterocycles. The number of aromatic nitrogens is 2. The molecule has 0 spiro atoms. The van der Waals surface area contributed by atoms with E-state index in [9.17, 15) is 0 Å². The van der Waals surface area contributed by atoms with Gasteiger partial charge in [-0.2, -0.15) is 5.10 Å². The second-order valence-corrected chi connectivity index (χ2v) is 4.75. The minimum Gasteiger partial charge on any atom is -0.379 e. The van der Waals surface area contributed by atoms with Crippen LogP contribution in [0.3, 0.4) is 0 Å². The highest BCUT2D eigenvalue weighted by Crippen LogP contribution is 2.25. The number of benzene rings is 1. The highest BCUT2D eigenvalue weighted by Gasteiger charge is 2.17. The van der Waals surface area contributed by atoms with E-state index >= 15 is 0 Å². The molecule has 2 aromatic rings. The van der Waals surface area contributed by atoms with Gasteiger partial charge in [0.1, 0.15) is 0 Å². The molecule has 0 aliphatic carbocycles. The van der Waals surface area contributed by atoms with Crippen molar-refractivity contribution >= 4 is 17.3 Å². The fourth-order valence-electron chi connectivity index (χ4n) is 2.10. The lowest BCUT2D eigenvalue weighted by molar-refractivity contribution is 0.195. The monoisotopic (exact) mass is 263 g/mol. The van der Waals surface area contributed by atoms with Crippen LogP contribution in [0.25, 0.3) is 5.69 Å². The first-order valence-electron chi connectivity index (χ1n) is 5.97. The lowest BCUT2D eigenvalue weighted by Crippen LogP contribution is -2.20. The Hall–Kier alpha value is -1.52. The molecule has 0 bridgehead atoms. The summed E-state index contributed by atoms with van der Waals surface area (Å²) in [5.41, 5.74) is 1.98. The lowest BCUT2D eigenvalue weighted by atomic mass is 10.2.